The fourth-order valence-electron chi connectivity index (χ4n) is 4.23. The Bertz CT molecular complexity index is 1050. The summed E-state index contributed by atoms with van der Waals surface area (Å²) in [5, 5.41) is 4.60. The van der Waals surface area contributed by atoms with E-state index >= 15 is 0 Å². The SMILES string of the molecule is CN1C(=O)c2cccc(OC(F)F)c2C2CC1c1nn3cnccc3c12. The predicted octanol–water partition coefficient (Wildman–Crippen LogP) is 2.99. The molecular weight excluding hydrogens is 342 g/mol. The first-order chi connectivity index (χ1) is 12.6. The van der Waals surface area contributed by atoms with Crippen LogP contribution in [0.5, 0.6) is 5.75 Å². The van der Waals surface area contributed by atoms with Gasteiger partial charge in [0, 0.05) is 35.9 Å². The predicted molar refractivity (Wildman–Crippen MR) is 87.4 cm³/mol. The van der Waals surface area contributed by atoms with E-state index in [1.54, 1.807) is 41.1 Å². The Morgan fingerprint density at radius 3 is 2.92 bits per heavy atom. The second-order valence-electron chi connectivity index (χ2n) is 6.53. The second kappa shape index (κ2) is 5.23. The van der Waals surface area contributed by atoms with Gasteiger partial charge in [-0.15, -0.1) is 0 Å². The average Bonchev–Trinajstić information content (AvgIpc) is 3.14. The number of alkyl halides is 2. The highest BCUT2D eigenvalue weighted by Gasteiger charge is 2.45. The number of fused-ring (bicyclic) bond motifs is 9. The molecule has 1 aromatic carbocycles. The molecule has 1 aliphatic heterocycles. The lowest BCUT2D eigenvalue weighted by molar-refractivity contribution is -0.0505. The van der Waals surface area contributed by atoms with E-state index in [0.717, 1.165) is 16.8 Å². The molecule has 2 bridgehead atoms. The standard InChI is InChI=1S/C18H14F2N4O2/c1-23-12-7-10(15-11-5-6-21-8-24(11)22-16(12)15)14-9(17(23)25)3-2-4-13(14)26-18(19)20/h2-6,8,10,12,18H,7H2,1H3. The first kappa shape index (κ1) is 15.2. The molecule has 132 valence electrons. The molecule has 2 aliphatic rings. The summed E-state index contributed by atoms with van der Waals surface area (Å²) in [6.07, 6.45) is 3.87. The highest BCUT2D eigenvalue weighted by atomic mass is 19.3. The molecule has 0 saturated carbocycles. The topological polar surface area (TPSA) is 59.7 Å². The quantitative estimate of drug-likeness (QED) is 0.708. The van der Waals surface area contributed by atoms with Crippen LogP contribution < -0.4 is 4.74 Å². The summed E-state index contributed by atoms with van der Waals surface area (Å²) in [5.41, 5.74) is 3.51. The molecule has 2 aromatic heterocycles. The molecule has 1 aliphatic carbocycles. The zero-order chi connectivity index (χ0) is 18.0. The number of hydrogen-bond donors (Lipinski definition) is 0. The van der Waals surface area contributed by atoms with E-state index in [4.69, 9.17) is 4.74 Å². The third kappa shape index (κ3) is 1.92. The fraction of sp³-hybridized carbons (Fsp3) is 0.278. The number of carbonyl (C=O) groups is 1. The van der Waals surface area contributed by atoms with Crippen molar-refractivity contribution < 1.29 is 18.3 Å². The van der Waals surface area contributed by atoms with Crippen molar-refractivity contribution in [3.63, 3.8) is 0 Å². The van der Waals surface area contributed by atoms with Crippen LogP contribution in [0, 0.1) is 0 Å². The van der Waals surface area contributed by atoms with Crippen LogP contribution in [0.2, 0.25) is 0 Å². The van der Waals surface area contributed by atoms with Gasteiger partial charge in [-0.05, 0) is 24.6 Å². The van der Waals surface area contributed by atoms with E-state index < -0.39 is 6.61 Å². The summed E-state index contributed by atoms with van der Waals surface area (Å²) in [5.74, 6) is -0.409. The van der Waals surface area contributed by atoms with E-state index in [2.05, 4.69) is 10.1 Å². The van der Waals surface area contributed by atoms with Crippen molar-refractivity contribution in [2.75, 3.05) is 7.05 Å². The Morgan fingerprint density at radius 1 is 1.27 bits per heavy atom. The Labute approximate surface area is 147 Å². The molecule has 0 radical (unpaired) electrons. The van der Waals surface area contributed by atoms with Crippen LogP contribution >= 0.6 is 0 Å². The van der Waals surface area contributed by atoms with E-state index in [1.807, 2.05) is 6.07 Å². The number of nitrogens with zero attached hydrogens (tertiary/aromatic N) is 4. The van der Waals surface area contributed by atoms with Crippen LogP contribution in [0.1, 0.15) is 45.6 Å². The number of aromatic nitrogens is 3. The van der Waals surface area contributed by atoms with Gasteiger partial charge in [0.15, 0.2) is 0 Å². The molecule has 0 saturated heterocycles. The average molecular weight is 356 g/mol. The maximum atomic E-state index is 13.0. The van der Waals surface area contributed by atoms with E-state index in [0.29, 0.717) is 17.5 Å². The Balaban J connectivity index is 1.82. The monoisotopic (exact) mass is 356 g/mol. The minimum atomic E-state index is -2.96. The van der Waals surface area contributed by atoms with Crippen molar-refractivity contribution in [3.05, 3.63) is 59.2 Å². The number of hydrogen-bond acceptors (Lipinski definition) is 4. The first-order valence-corrected chi connectivity index (χ1v) is 8.23. The van der Waals surface area contributed by atoms with Gasteiger partial charge in [-0.3, -0.25) is 4.79 Å². The van der Waals surface area contributed by atoms with Gasteiger partial charge in [-0.25, -0.2) is 9.50 Å². The molecule has 1 amide bonds. The Hall–Kier alpha value is -3.03. The zero-order valence-electron chi connectivity index (χ0n) is 13.8. The molecule has 0 N–H and O–H groups in total. The van der Waals surface area contributed by atoms with Crippen LogP contribution in [0.3, 0.4) is 0 Å². The number of amides is 1. The summed E-state index contributed by atoms with van der Waals surface area (Å²) in [4.78, 5) is 18.6. The maximum absolute atomic E-state index is 13.0. The highest BCUT2D eigenvalue weighted by Crippen LogP contribution is 2.53. The first-order valence-electron chi connectivity index (χ1n) is 8.23. The van der Waals surface area contributed by atoms with Gasteiger partial charge in [-0.1, -0.05) is 6.07 Å². The molecule has 6 nitrogen and oxygen atoms in total. The number of benzene rings is 1. The second-order valence-corrected chi connectivity index (χ2v) is 6.53. The van der Waals surface area contributed by atoms with Crippen LogP contribution in [0.15, 0.2) is 36.8 Å². The smallest absolute Gasteiger partial charge is 0.387 e. The Kier molecular flexibility index (Phi) is 3.07. The fourth-order valence-corrected chi connectivity index (χ4v) is 4.23. The molecule has 3 heterocycles. The van der Waals surface area contributed by atoms with Crippen molar-refractivity contribution in [1.82, 2.24) is 19.5 Å². The third-order valence-electron chi connectivity index (χ3n) is 5.28. The van der Waals surface area contributed by atoms with Crippen LogP contribution in [0.4, 0.5) is 8.78 Å². The molecule has 2 unspecified atom stereocenters. The highest BCUT2D eigenvalue weighted by molar-refractivity contribution is 5.98. The molecule has 0 fully saturated rings. The summed E-state index contributed by atoms with van der Waals surface area (Å²) in [6, 6.07) is 6.36. The van der Waals surface area contributed by atoms with E-state index in [-0.39, 0.29) is 23.6 Å². The Morgan fingerprint density at radius 2 is 2.12 bits per heavy atom. The summed E-state index contributed by atoms with van der Waals surface area (Å²) in [6.45, 7) is -2.96. The maximum Gasteiger partial charge on any atom is 0.387 e. The lowest BCUT2D eigenvalue weighted by Gasteiger charge is -2.23. The number of halogens is 2. The largest absolute Gasteiger partial charge is 0.434 e. The third-order valence-corrected chi connectivity index (χ3v) is 5.28. The minimum absolute atomic E-state index is 0.0474. The van der Waals surface area contributed by atoms with Gasteiger partial charge in [-0.2, -0.15) is 13.9 Å². The number of ether oxygens (including phenoxy) is 1. The van der Waals surface area contributed by atoms with Crippen LogP contribution in [0.25, 0.3) is 5.52 Å². The molecule has 26 heavy (non-hydrogen) atoms. The minimum Gasteiger partial charge on any atom is -0.434 e. The van der Waals surface area contributed by atoms with Crippen molar-refractivity contribution in [3.8, 4) is 5.75 Å². The molecule has 2 atom stereocenters. The lowest BCUT2D eigenvalue weighted by Crippen LogP contribution is -2.30. The summed E-state index contributed by atoms with van der Waals surface area (Å²) in [7, 11) is 1.72. The molecule has 0 spiro atoms. The number of rotatable bonds is 2. The van der Waals surface area contributed by atoms with Gasteiger partial charge < -0.3 is 9.64 Å². The van der Waals surface area contributed by atoms with Gasteiger partial charge in [0.05, 0.1) is 17.3 Å². The van der Waals surface area contributed by atoms with Crippen LogP contribution in [-0.4, -0.2) is 39.1 Å². The van der Waals surface area contributed by atoms with E-state index in [9.17, 15) is 13.6 Å². The summed E-state index contributed by atoms with van der Waals surface area (Å²) < 4.78 is 32.3. The van der Waals surface area contributed by atoms with Gasteiger partial charge in [0.1, 0.15) is 12.1 Å². The number of carbonyl (C=O) groups excluding carboxylic acids is 1. The van der Waals surface area contributed by atoms with E-state index in [1.165, 1.54) is 6.07 Å². The van der Waals surface area contributed by atoms with Crippen LogP contribution in [-0.2, 0) is 0 Å². The molecular formula is C18H14F2N4O2. The lowest BCUT2D eigenvalue weighted by atomic mass is 9.89. The van der Waals surface area contributed by atoms with Crippen molar-refractivity contribution in [2.24, 2.45) is 0 Å². The molecule has 3 aromatic rings. The van der Waals surface area contributed by atoms with Crippen molar-refractivity contribution >= 4 is 11.4 Å². The zero-order valence-corrected chi connectivity index (χ0v) is 13.8. The van der Waals surface area contributed by atoms with Gasteiger partial charge >= 0.3 is 6.61 Å². The van der Waals surface area contributed by atoms with Gasteiger partial charge in [0.25, 0.3) is 5.91 Å². The van der Waals surface area contributed by atoms with Gasteiger partial charge in [0.2, 0.25) is 0 Å². The molecule has 5 rings (SSSR count). The van der Waals surface area contributed by atoms with Crippen molar-refractivity contribution in [1.29, 1.82) is 0 Å². The molecule has 8 heteroatoms. The summed E-state index contributed by atoms with van der Waals surface area (Å²) >= 11 is 0. The normalized spacial score (nSPS) is 21.1. The van der Waals surface area contributed by atoms with Crippen molar-refractivity contribution in [2.45, 2.75) is 25.0 Å².